The van der Waals surface area contributed by atoms with Crippen LogP contribution in [0.4, 0.5) is 0 Å². The van der Waals surface area contributed by atoms with Crippen LogP contribution in [-0.2, 0) is 16.1 Å². The number of carbonyl (C=O) groups excluding carboxylic acids is 1. The molecule has 1 heterocycles. The number of rotatable bonds is 4. The summed E-state index contributed by atoms with van der Waals surface area (Å²) in [6.07, 6.45) is 8.57. The van der Waals surface area contributed by atoms with E-state index in [4.69, 9.17) is 14.3 Å². The molecule has 0 saturated heterocycles. The molecule has 1 N–H and O–H groups in total. The van der Waals surface area contributed by atoms with Gasteiger partial charge in [-0.2, -0.15) is 0 Å². The van der Waals surface area contributed by atoms with Crippen molar-refractivity contribution in [1.29, 1.82) is 0 Å². The Labute approximate surface area is 135 Å². The predicted molar refractivity (Wildman–Crippen MR) is 85.8 cm³/mol. The SMILES string of the molecule is CC1=CCCC(C)(C)C1C=CC(=O)OCc1cc(=O)c(O)co1. The van der Waals surface area contributed by atoms with E-state index < -0.39 is 17.1 Å². The summed E-state index contributed by atoms with van der Waals surface area (Å²) in [4.78, 5) is 23.1. The Bertz CT molecular complexity index is 694. The smallest absolute Gasteiger partial charge is 0.330 e. The second-order valence-electron chi connectivity index (χ2n) is 6.52. The third-order valence-corrected chi connectivity index (χ3v) is 4.24. The van der Waals surface area contributed by atoms with Crippen LogP contribution in [0.1, 0.15) is 39.4 Å². The highest BCUT2D eigenvalue weighted by Gasteiger charge is 2.30. The molecule has 1 aliphatic rings. The Balaban J connectivity index is 1.96. The third-order valence-electron chi connectivity index (χ3n) is 4.24. The van der Waals surface area contributed by atoms with Gasteiger partial charge in [0.25, 0.3) is 0 Å². The van der Waals surface area contributed by atoms with Crippen LogP contribution in [0.25, 0.3) is 0 Å². The van der Waals surface area contributed by atoms with Gasteiger partial charge >= 0.3 is 5.97 Å². The van der Waals surface area contributed by atoms with Crippen LogP contribution in [-0.4, -0.2) is 11.1 Å². The van der Waals surface area contributed by atoms with E-state index in [0.717, 1.165) is 25.2 Å². The Morgan fingerprint density at radius 2 is 2.26 bits per heavy atom. The standard InChI is InChI=1S/C18H22O5/c1-12-5-4-8-18(2,3)14(12)6-7-17(21)23-10-13-9-15(19)16(20)11-22-13/h5-7,9,11,14,20H,4,8,10H2,1-3H3. The van der Waals surface area contributed by atoms with Gasteiger partial charge in [0.1, 0.15) is 18.6 Å². The summed E-state index contributed by atoms with van der Waals surface area (Å²) in [6.45, 7) is 6.30. The molecule has 2 rings (SSSR count). The van der Waals surface area contributed by atoms with E-state index in [2.05, 4.69) is 26.8 Å². The molecule has 5 nitrogen and oxygen atoms in total. The van der Waals surface area contributed by atoms with Gasteiger partial charge in [0.15, 0.2) is 5.75 Å². The molecular weight excluding hydrogens is 296 g/mol. The summed E-state index contributed by atoms with van der Waals surface area (Å²) in [7, 11) is 0. The fourth-order valence-corrected chi connectivity index (χ4v) is 2.87. The van der Waals surface area contributed by atoms with Crippen LogP contribution in [0.15, 0.2) is 45.3 Å². The van der Waals surface area contributed by atoms with E-state index in [-0.39, 0.29) is 23.7 Å². The summed E-state index contributed by atoms with van der Waals surface area (Å²) >= 11 is 0. The van der Waals surface area contributed by atoms with E-state index in [1.807, 2.05) is 6.08 Å². The molecule has 1 aliphatic carbocycles. The van der Waals surface area contributed by atoms with Gasteiger partial charge in [-0.05, 0) is 25.2 Å². The molecule has 124 valence electrons. The molecule has 0 fully saturated rings. The molecule has 0 radical (unpaired) electrons. The maximum Gasteiger partial charge on any atom is 0.330 e. The topological polar surface area (TPSA) is 76.7 Å². The molecule has 0 spiro atoms. The normalized spacial score (nSPS) is 20.3. The van der Waals surface area contributed by atoms with Crippen molar-refractivity contribution in [3.63, 3.8) is 0 Å². The van der Waals surface area contributed by atoms with Crippen molar-refractivity contribution >= 4 is 5.97 Å². The molecule has 1 aromatic heterocycles. The lowest BCUT2D eigenvalue weighted by atomic mass is 9.68. The highest BCUT2D eigenvalue weighted by atomic mass is 16.5. The summed E-state index contributed by atoms with van der Waals surface area (Å²) < 4.78 is 10.0. The number of hydrogen-bond acceptors (Lipinski definition) is 5. The molecule has 0 bridgehead atoms. The lowest BCUT2D eigenvalue weighted by molar-refractivity contribution is -0.139. The van der Waals surface area contributed by atoms with Gasteiger partial charge in [-0.3, -0.25) is 4.79 Å². The van der Waals surface area contributed by atoms with Crippen LogP contribution in [0.3, 0.4) is 0 Å². The molecule has 0 amide bonds. The number of allylic oxidation sites excluding steroid dienone is 3. The minimum absolute atomic E-state index is 0.110. The molecular formula is C18H22O5. The Hall–Kier alpha value is -2.30. The van der Waals surface area contributed by atoms with Crippen molar-refractivity contribution in [1.82, 2.24) is 0 Å². The monoisotopic (exact) mass is 318 g/mol. The maximum absolute atomic E-state index is 11.8. The van der Waals surface area contributed by atoms with Gasteiger partial charge in [0, 0.05) is 18.1 Å². The number of aromatic hydroxyl groups is 1. The second-order valence-corrected chi connectivity index (χ2v) is 6.52. The quantitative estimate of drug-likeness (QED) is 0.523. The van der Waals surface area contributed by atoms with E-state index in [9.17, 15) is 9.59 Å². The van der Waals surface area contributed by atoms with Crippen molar-refractivity contribution in [2.45, 2.75) is 40.2 Å². The van der Waals surface area contributed by atoms with Crippen LogP contribution >= 0.6 is 0 Å². The van der Waals surface area contributed by atoms with Crippen molar-refractivity contribution in [2.24, 2.45) is 11.3 Å². The first-order valence-electron chi connectivity index (χ1n) is 7.62. The zero-order valence-electron chi connectivity index (χ0n) is 13.7. The molecule has 0 saturated carbocycles. The van der Waals surface area contributed by atoms with Crippen molar-refractivity contribution < 1.29 is 19.1 Å². The Morgan fingerprint density at radius 1 is 1.52 bits per heavy atom. The first-order chi connectivity index (χ1) is 10.8. The van der Waals surface area contributed by atoms with E-state index >= 15 is 0 Å². The van der Waals surface area contributed by atoms with Gasteiger partial charge in [0.2, 0.25) is 5.43 Å². The fraction of sp³-hybridized carbons (Fsp3) is 0.444. The van der Waals surface area contributed by atoms with Crippen LogP contribution in [0, 0.1) is 11.3 Å². The van der Waals surface area contributed by atoms with Gasteiger partial charge in [0.05, 0.1) is 0 Å². The van der Waals surface area contributed by atoms with Crippen molar-refractivity contribution in [3.05, 3.63) is 52.1 Å². The highest BCUT2D eigenvalue weighted by molar-refractivity contribution is 5.82. The number of ether oxygens (including phenoxy) is 1. The zero-order valence-corrected chi connectivity index (χ0v) is 13.7. The summed E-state index contributed by atoms with van der Waals surface area (Å²) in [5.41, 5.74) is 0.803. The average molecular weight is 318 g/mol. The van der Waals surface area contributed by atoms with E-state index in [1.54, 1.807) is 0 Å². The van der Waals surface area contributed by atoms with Gasteiger partial charge in [-0.25, -0.2) is 4.79 Å². The van der Waals surface area contributed by atoms with Crippen LogP contribution in [0.5, 0.6) is 5.75 Å². The fourth-order valence-electron chi connectivity index (χ4n) is 2.87. The summed E-state index contributed by atoms with van der Waals surface area (Å²) in [5.74, 6) is -0.573. The van der Waals surface area contributed by atoms with Crippen LogP contribution < -0.4 is 5.43 Å². The number of carbonyl (C=O) groups is 1. The van der Waals surface area contributed by atoms with E-state index in [1.165, 1.54) is 11.6 Å². The average Bonchev–Trinajstić information content (AvgIpc) is 2.47. The van der Waals surface area contributed by atoms with Gasteiger partial charge in [-0.1, -0.05) is 31.6 Å². The van der Waals surface area contributed by atoms with Crippen LogP contribution in [0.2, 0.25) is 0 Å². The minimum Gasteiger partial charge on any atom is -0.502 e. The molecule has 1 atom stereocenters. The molecule has 23 heavy (non-hydrogen) atoms. The third kappa shape index (κ3) is 4.34. The maximum atomic E-state index is 11.8. The molecule has 5 heteroatoms. The van der Waals surface area contributed by atoms with Crippen molar-refractivity contribution in [2.75, 3.05) is 0 Å². The molecule has 0 aliphatic heterocycles. The Morgan fingerprint density at radius 3 is 2.91 bits per heavy atom. The second kappa shape index (κ2) is 6.86. The lowest BCUT2D eigenvalue weighted by Gasteiger charge is -2.36. The largest absolute Gasteiger partial charge is 0.502 e. The number of esters is 1. The van der Waals surface area contributed by atoms with Gasteiger partial charge < -0.3 is 14.3 Å². The summed E-state index contributed by atoms with van der Waals surface area (Å²) in [6, 6.07) is 1.10. The van der Waals surface area contributed by atoms with Gasteiger partial charge in [-0.15, -0.1) is 0 Å². The molecule has 1 unspecified atom stereocenters. The first kappa shape index (κ1) is 17.1. The highest BCUT2D eigenvalue weighted by Crippen LogP contribution is 2.41. The zero-order chi connectivity index (χ0) is 17.0. The lowest BCUT2D eigenvalue weighted by Crippen LogP contribution is -2.26. The van der Waals surface area contributed by atoms with E-state index in [0.29, 0.717) is 0 Å². The van der Waals surface area contributed by atoms with Crippen molar-refractivity contribution in [3.8, 4) is 5.75 Å². The number of hydrogen-bond donors (Lipinski definition) is 1. The Kier molecular flexibility index (Phi) is 5.08. The summed E-state index contributed by atoms with van der Waals surface area (Å²) in [5, 5.41) is 9.09. The molecule has 0 aromatic carbocycles. The minimum atomic E-state index is -0.567. The first-order valence-corrected chi connectivity index (χ1v) is 7.62. The molecule has 1 aromatic rings. The predicted octanol–water partition coefficient (Wildman–Crippen LogP) is 3.33.